The Morgan fingerprint density at radius 3 is 3.10 bits per heavy atom. The van der Waals surface area contributed by atoms with Crippen molar-refractivity contribution >= 4 is 17.5 Å². The van der Waals surface area contributed by atoms with E-state index in [2.05, 4.69) is 20.5 Å². The number of carbonyl (C=O) groups is 1. The molecule has 2 rings (SSSR count). The van der Waals surface area contributed by atoms with E-state index in [1.165, 1.54) is 0 Å². The van der Waals surface area contributed by atoms with E-state index in [9.17, 15) is 4.79 Å². The fourth-order valence-corrected chi connectivity index (χ4v) is 2.15. The maximum atomic E-state index is 12.1. The third-order valence-corrected chi connectivity index (χ3v) is 3.24. The van der Waals surface area contributed by atoms with Crippen molar-refractivity contribution in [2.45, 2.75) is 25.9 Å². The van der Waals surface area contributed by atoms with Crippen molar-refractivity contribution in [2.75, 3.05) is 13.7 Å². The monoisotopic (exact) mass is 311 g/mol. The van der Waals surface area contributed by atoms with Gasteiger partial charge in [0.25, 0.3) is 5.91 Å². The van der Waals surface area contributed by atoms with E-state index in [1.807, 2.05) is 11.5 Å². The summed E-state index contributed by atoms with van der Waals surface area (Å²) < 4.78 is 6.93. The van der Waals surface area contributed by atoms with Crippen LogP contribution < -0.4 is 5.32 Å². The van der Waals surface area contributed by atoms with E-state index in [4.69, 9.17) is 16.3 Å². The van der Waals surface area contributed by atoms with Crippen LogP contribution in [0, 0.1) is 0 Å². The quantitative estimate of drug-likeness (QED) is 0.763. The minimum atomic E-state index is -0.260. The molecule has 0 spiro atoms. The van der Waals surface area contributed by atoms with E-state index in [0.717, 1.165) is 13.0 Å². The topological polar surface area (TPSA) is 84.8 Å². The van der Waals surface area contributed by atoms with E-state index >= 15 is 0 Å². The predicted molar refractivity (Wildman–Crippen MR) is 78.2 cm³/mol. The summed E-state index contributed by atoms with van der Waals surface area (Å²) in [7, 11) is 1.66. The smallest absolute Gasteiger partial charge is 0.268 e. The molecular formula is C13H18ClN5O2. The first-order valence-corrected chi connectivity index (χ1v) is 7.01. The Hall–Kier alpha value is -1.86. The lowest BCUT2D eigenvalue weighted by molar-refractivity contribution is 0.0933. The third kappa shape index (κ3) is 4.05. The average molecular weight is 312 g/mol. The number of carbonyl (C=O) groups excluding carboxylic acids is 1. The van der Waals surface area contributed by atoms with Crippen molar-refractivity contribution in [1.29, 1.82) is 0 Å². The highest BCUT2D eigenvalue weighted by Crippen LogP contribution is 2.13. The Balaban J connectivity index is 1.98. The van der Waals surface area contributed by atoms with Crippen molar-refractivity contribution in [3.05, 3.63) is 35.1 Å². The molecule has 8 heteroatoms. The Morgan fingerprint density at radius 2 is 2.43 bits per heavy atom. The molecule has 0 aliphatic rings. The number of ether oxygens (including phenoxy) is 1. The Bertz CT molecular complexity index is 595. The maximum absolute atomic E-state index is 12.1. The molecule has 0 radical (unpaired) electrons. The zero-order chi connectivity index (χ0) is 15.2. The van der Waals surface area contributed by atoms with Crippen molar-refractivity contribution in [1.82, 2.24) is 25.1 Å². The molecule has 0 aliphatic carbocycles. The van der Waals surface area contributed by atoms with Gasteiger partial charge in [-0.25, -0.2) is 0 Å². The van der Waals surface area contributed by atoms with Crippen molar-refractivity contribution in [3.63, 3.8) is 0 Å². The second kappa shape index (κ2) is 7.24. The fourth-order valence-electron chi connectivity index (χ4n) is 1.99. The first kappa shape index (κ1) is 15.5. The number of nitrogens with zero attached hydrogens (tertiary/aromatic N) is 3. The van der Waals surface area contributed by atoms with Gasteiger partial charge in [-0.05, 0) is 19.4 Å². The number of rotatable bonds is 7. The highest BCUT2D eigenvalue weighted by atomic mass is 35.5. The SMILES string of the molecule is COCCCn1cnnc1[C@H](C)NC(=O)c1cc(Cl)c[nH]1. The van der Waals surface area contributed by atoms with Crippen LogP contribution in [0.4, 0.5) is 0 Å². The fraction of sp³-hybridized carbons (Fsp3) is 0.462. The molecule has 0 fully saturated rings. The van der Waals surface area contributed by atoms with E-state index in [1.54, 1.807) is 25.7 Å². The van der Waals surface area contributed by atoms with E-state index in [-0.39, 0.29) is 11.9 Å². The van der Waals surface area contributed by atoms with Crippen LogP contribution in [0.25, 0.3) is 0 Å². The number of methoxy groups -OCH3 is 1. The minimum Gasteiger partial charge on any atom is -0.385 e. The molecule has 2 N–H and O–H groups in total. The van der Waals surface area contributed by atoms with Gasteiger partial charge >= 0.3 is 0 Å². The molecule has 2 aromatic heterocycles. The van der Waals surface area contributed by atoms with Crippen LogP contribution in [-0.4, -0.2) is 39.4 Å². The Kier molecular flexibility index (Phi) is 5.35. The summed E-state index contributed by atoms with van der Waals surface area (Å²) in [6.45, 7) is 3.27. The lowest BCUT2D eigenvalue weighted by Gasteiger charge is -2.14. The number of nitrogens with one attached hydrogen (secondary N) is 2. The Labute approximate surface area is 127 Å². The molecule has 1 atom stereocenters. The van der Waals surface area contributed by atoms with Gasteiger partial charge in [0.2, 0.25) is 0 Å². The number of halogens is 1. The number of aromatic amines is 1. The van der Waals surface area contributed by atoms with Crippen molar-refractivity contribution in [2.24, 2.45) is 0 Å². The third-order valence-electron chi connectivity index (χ3n) is 3.02. The van der Waals surface area contributed by atoms with E-state index < -0.39 is 0 Å². The number of hydrogen-bond donors (Lipinski definition) is 2. The lowest BCUT2D eigenvalue weighted by atomic mass is 10.3. The molecule has 0 unspecified atom stereocenters. The van der Waals surface area contributed by atoms with Crippen LogP contribution in [0.2, 0.25) is 5.02 Å². The molecule has 0 bridgehead atoms. The van der Waals surface area contributed by atoms with Gasteiger partial charge in [-0.1, -0.05) is 11.6 Å². The molecule has 0 aromatic carbocycles. The van der Waals surface area contributed by atoms with Crippen LogP contribution in [0.3, 0.4) is 0 Å². The maximum Gasteiger partial charge on any atom is 0.268 e. The number of hydrogen-bond acceptors (Lipinski definition) is 4. The standard InChI is InChI=1S/C13H18ClN5O2/c1-9(17-13(20)11-6-10(14)7-15-11)12-18-16-8-19(12)4-3-5-21-2/h6-9,15H,3-5H2,1-2H3,(H,17,20)/t9-/m0/s1. The summed E-state index contributed by atoms with van der Waals surface area (Å²) in [5.41, 5.74) is 0.414. The van der Waals surface area contributed by atoms with Gasteiger partial charge in [-0.2, -0.15) is 0 Å². The number of H-pyrrole nitrogens is 1. The molecule has 2 heterocycles. The molecular weight excluding hydrogens is 294 g/mol. The molecule has 7 nitrogen and oxygen atoms in total. The predicted octanol–water partition coefficient (Wildman–Crippen LogP) is 1.79. The summed E-state index contributed by atoms with van der Waals surface area (Å²) in [4.78, 5) is 14.9. The van der Waals surface area contributed by atoms with Gasteiger partial charge in [0.05, 0.1) is 11.1 Å². The molecule has 2 aromatic rings. The summed E-state index contributed by atoms with van der Waals surface area (Å²) in [5, 5.41) is 11.3. The normalized spacial score (nSPS) is 12.3. The zero-order valence-electron chi connectivity index (χ0n) is 12.0. The molecule has 0 saturated carbocycles. The summed E-state index contributed by atoms with van der Waals surface area (Å²) >= 11 is 5.79. The van der Waals surface area contributed by atoms with Gasteiger partial charge in [0.1, 0.15) is 12.0 Å². The minimum absolute atomic E-state index is 0.235. The first-order valence-electron chi connectivity index (χ1n) is 6.63. The molecule has 114 valence electrons. The second-order valence-corrected chi connectivity index (χ2v) is 5.09. The summed E-state index contributed by atoms with van der Waals surface area (Å²) in [6, 6.07) is 1.32. The van der Waals surface area contributed by atoms with Crippen molar-refractivity contribution in [3.8, 4) is 0 Å². The number of amides is 1. The van der Waals surface area contributed by atoms with Crippen LogP contribution in [0.1, 0.15) is 35.7 Å². The zero-order valence-corrected chi connectivity index (χ0v) is 12.7. The van der Waals surface area contributed by atoms with Crippen LogP contribution in [0.15, 0.2) is 18.6 Å². The number of aryl methyl sites for hydroxylation is 1. The first-order chi connectivity index (χ1) is 10.1. The number of aromatic nitrogens is 4. The van der Waals surface area contributed by atoms with Crippen LogP contribution in [0.5, 0.6) is 0 Å². The second-order valence-electron chi connectivity index (χ2n) is 4.66. The summed E-state index contributed by atoms with van der Waals surface area (Å²) in [6.07, 6.45) is 4.07. The summed E-state index contributed by atoms with van der Waals surface area (Å²) in [5.74, 6) is 0.470. The van der Waals surface area contributed by atoms with Gasteiger partial charge in [-0.15, -0.1) is 10.2 Å². The van der Waals surface area contributed by atoms with Gasteiger partial charge in [-0.3, -0.25) is 4.79 Å². The molecule has 21 heavy (non-hydrogen) atoms. The van der Waals surface area contributed by atoms with Crippen LogP contribution in [-0.2, 0) is 11.3 Å². The van der Waals surface area contributed by atoms with Crippen LogP contribution >= 0.6 is 11.6 Å². The van der Waals surface area contributed by atoms with Gasteiger partial charge in [0, 0.05) is 26.5 Å². The average Bonchev–Trinajstić information content (AvgIpc) is 3.08. The van der Waals surface area contributed by atoms with Crippen molar-refractivity contribution < 1.29 is 9.53 Å². The van der Waals surface area contributed by atoms with E-state index in [0.29, 0.717) is 23.1 Å². The highest BCUT2D eigenvalue weighted by molar-refractivity contribution is 6.30. The largest absolute Gasteiger partial charge is 0.385 e. The lowest BCUT2D eigenvalue weighted by Crippen LogP contribution is -2.29. The van der Waals surface area contributed by atoms with Gasteiger partial charge in [0.15, 0.2) is 5.82 Å². The highest BCUT2D eigenvalue weighted by Gasteiger charge is 2.17. The molecule has 0 saturated heterocycles. The Morgan fingerprint density at radius 1 is 1.62 bits per heavy atom. The van der Waals surface area contributed by atoms with Gasteiger partial charge < -0.3 is 19.6 Å². The molecule has 0 aliphatic heterocycles. The molecule has 1 amide bonds.